The van der Waals surface area contributed by atoms with Crippen LogP contribution in [0.15, 0.2) is 42.6 Å². The lowest BCUT2D eigenvalue weighted by Gasteiger charge is -2.22. The topological polar surface area (TPSA) is 45.4 Å². The molecule has 5 heteroatoms. The Morgan fingerprint density at radius 2 is 1.85 bits per heavy atom. The van der Waals surface area contributed by atoms with Gasteiger partial charge in [0.2, 0.25) is 0 Å². The first kappa shape index (κ1) is 21.4. The number of esters is 1. The van der Waals surface area contributed by atoms with Gasteiger partial charge in [-0.1, -0.05) is 6.92 Å². The summed E-state index contributed by atoms with van der Waals surface area (Å²) in [4.78, 5) is 13.1. The second kappa shape index (κ2) is 8.14. The van der Waals surface area contributed by atoms with Crippen LogP contribution in [0.25, 0.3) is 16.6 Å². The highest BCUT2D eigenvalue weighted by Gasteiger charge is 2.29. The van der Waals surface area contributed by atoms with Crippen LogP contribution in [0, 0.1) is 13.8 Å². The maximum absolute atomic E-state index is 13.1. The summed E-state index contributed by atoms with van der Waals surface area (Å²) < 4.78 is 15.7. The van der Waals surface area contributed by atoms with Crippen molar-refractivity contribution in [3.63, 3.8) is 0 Å². The molecule has 0 bridgehead atoms. The van der Waals surface area contributed by atoms with E-state index in [0.29, 0.717) is 12.2 Å². The summed E-state index contributed by atoms with van der Waals surface area (Å²) in [5, 5.41) is 1.02. The molecule has 0 fully saturated rings. The summed E-state index contributed by atoms with van der Waals surface area (Å²) in [6.45, 7) is 9.36. The number of carbonyl (C=O) groups excluding carboxylic acids is 1. The first-order valence-corrected chi connectivity index (χ1v) is 11.6. The predicted molar refractivity (Wildman–Crippen MR) is 131 cm³/mol. The normalized spacial score (nSPS) is 12.5. The highest BCUT2D eigenvalue weighted by molar-refractivity contribution is 6.07. The Morgan fingerprint density at radius 1 is 1.09 bits per heavy atom. The van der Waals surface area contributed by atoms with Gasteiger partial charge in [0.1, 0.15) is 5.75 Å². The molecule has 0 saturated carbocycles. The van der Waals surface area contributed by atoms with Gasteiger partial charge in [0, 0.05) is 29.4 Å². The molecule has 0 N–H and O–H groups in total. The van der Waals surface area contributed by atoms with Crippen molar-refractivity contribution >= 4 is 16.9 Å². The van der Waals surface area contributed by atoms with Crippen LogP contribution in [0.2, 0.25) is 0 Å². The van der Waals surface area contributed by atoms with Crippen LogP contribution in [0.3, 0.4) is 0 Å². The Balaban J connectivity index is 1.90. The molecule has 170 valence electrons. The van der Waals surface area contributed by atoms with Gasteiger partial charge in [-0.2, -0.15) is 0 Å². The number of carbonyl (C=O) groups is 1. The van der Waals surface area contributed by atoms with Gasteiger partial charge < -0.3 is 18.6 Å². The number of aromatic nitrogens is 2. The van der Waals surface area contributed by atoms with E-state index in [4.69, 9.17) is 9.47 Å². The van der Waals surface area contributed by atoms with E-state index in [9.17, 15) is 4.79 Å². The van der Waals surface area contributed by atoms with Crippen molar-refractivity contribution in [2.24, 2.45) is 0 Å². The number of hydrogen-bond donors (Lipinski definition) is 0. The van der Waals surface area contributed by atoms with Crippen molar-refractivity contribution in [2.45, 2.75) is 47.1 Å². The van der Waals surface area contributed by atoms with Gasteiger partial charge in [0.25, 0.3) is 0 Å². The molecule has 0 radical (unpaired) electrons. The Hall–Kier alpha value is -3.47. The first-order valence-electron chi connectivity index (χ1n) is 11.6. The zero-order valence-corrected chi connectivity index (χ0v) is 20.0. The van der Waals surface area contributed by atoms with E-state index in [0.717, 1.165) is 58.4 Å². The SMILES string of the molecule is CCOC(=O)c1cc(CC)cc2c1c1c(n2-c2c(C)cc(OC)cc2C)Cn2cccc2C1. The third-order valence-electron chi connectivity index (χ3n) is 6.77. The number of methoxy groups -OCH3 is 1. The molecule has 33 heavy (non-hydrogen) atoms. The van der Waals surface area contributed by atoms with Gasteiger partial charge in [0.05, 0.1) is 37.0 Å². The molecule has 0 atom stereocenters. The standard InChI is InChI=1S/C28H30N2O3/c1-6-19-13-23(28(31)33-7-2)26-22-15-20-9-8-10-29(20)16-25(22)30(24(26)14-19)27-17(3)11-21(32-5)12-18(27)4/h8-14H,6-7,15-16H2,1-5H3. The second-order valence-electron chi connectivity index (χ2n) is 8.79. The van der Waals surface area contributed by atoms with Crippen LogP contribution in [-0.4, -0.2) is 28.8 Å². The largest absolute Gasteiger partial charge is 0.497 e. The van der Waals surface area contributed by atoms with E-state index >= 15 is 0 Å². The average molecular weight is 443 g/mol. The second-order valence-corrected chi connectivity index (χ2v) is 8.79. The summed E-state index contributed by atoms with van der Waals surface area (Å²) in [6, 6.07) is 12.7. The molecule has 3 heterocycles. The van der Waals surface area contributed by atoms with Crippen molar-refractivity contribution in [3.05, 3.63) is 81.8 Å². The minimum atomic E-state index is -0.248. The van der Waals surface area contributed by atoms with Crippen LogP contribution in [0.5, 0.6) is 5.75 Å². The van der Waals surface area contributed by atoms with Gasteiger partial charge >= 0.3 is 5.97 Å². The number of nitrogens with zero attached hydrogens (tertiary/aromatic N) is 2. The van der Waals surface area contributed by atoms with Gasteiger partial charge in [-0.15, -0.1) is 0 Å². The molecular formula is C28H30N2O3. The summed E-state index contributed by atoms with van der Waals surface area (Å²) >= 11 is 0. The van der Waals surface area contributed by atoms with E-state index in [1.165, 1.54) is 17.0 Å². The molecule has 1 aliphatic rings. The van der Waals surface area contributed by atoms with Crippen LogP contribution < -0.4 is 4.74 Å². The summed E-state index contributed by atoms with van der Waals surface area (Å²) in [5.74, 6) is 0.607. The maximum Gasteiger partial charge on any atom is 0.338 e. The predicted octanol–water partition coefficient (Wildman–Crippen LogP) is 5.75. The summed E-state index contributed by atoms with van der Waals surface area (Å²) in [7, 11) is 1.70. The van der Waals surface area contributed by atoms with Crippen molar-refractivity contribution in [3.8, 4) is 11.4 Å². The monoisotopic (exact) mass is 442 g/mol. The summed E-state index contributed by atoms with van der Waals surface area (Å²) in [5.41, 5.74) is 10.0. The minimum Gasteiger partial charge on any atom is -0.497 e. The number of hydrogen-bond acceptors (Lipinski definition) is 3. The van der Waals surface area contributed by atoms with Gasteiger partial charge in [-0.25, -0.2) is 4.79 Å². The highest BCUT2D eigenvalue weighted by Crippen LogP contribution is 2.40. The molecule has 0 aliphatic carbocycles. The number of fused-ring (bicyclic) bond motifs is 4. The lowest BCUT2D eigenvalue weighted by Crippen LogP contribution is -2.16. The van der Waals surface area contributed by atoms with Crippen molar-refractivity contribution in [1.82, 2.24) is 9.13 Å². The van der Waals surface area contributed by atoms with E-state index < -0.39 is 0 Å². The first-order chi connectivity index (χ1) is 16.0. The molecular weight excluding hydrogens is 412 g/mol. The number of ether oxygens (including phenoxy) is 2. The van der Waals surface area contributed by atoms with Crippen LogP contribution >= 0.6 is 0 Å². The Morgan fingerprint density at radius 3 is 2.52 bits per heavy atom. The zero-order chi connectivity index (χ0) is 23.3. The van der Waals surface area contributed by atoms with Crippen molar-refractivity contribution in [2.75, 3.05) is 13.7 Å². The highest BCUT2D eigenvalue weighted by atomic mass is 16.5. The van der Waals surface area contributed by atoms with E-state index in [2.05, 4.69) is 66.4 Å². The number of aryl methyl sites for hydroxylation is 3. The summed E-state index contributed by atoms with van der Waals surface area (Å²) in [6.07, 6.45) is 3.77. The molecule has 0 saturated heterocycles. The third-order valence-corrected chi connectivity index (χ3v) is 6.77. The Labute approximate surface area is 194 Å². The fourth-order valence-corrected chi connectivity index (χ4v) is 5.28. The van der Waals surface area contributed by atoms with Crippen LogP contribution in [-0.2, 0) is 24.1 Å². The Kier molecular flexibility index (Phi) is 5.28. The van der Waals surface area contributed by atoms with E-state index in [1.54, 1.807) is 7.11 Å². The van der Waals surface area contributed by atoms with Crippen LogP contribution in [0.1, 0.15) is 57.8 Å². The Bertz CT molecular complexity index is 1370. The van der Waals surface area contributed by atoms with Gasteiger partial charge in [-0.05, 0) is 85.8 Å². The number of rotatable bonds is 5. The smallest absolute Gasteiger partial charge is 0.338 e. The molecule has 2 aromatic heterocycles. The van der Waals surface area contributed by atoms with E-state index in [-0.39, 0.29) is 5.97 Å². The van der Waals surface area contributed by atoms with Crippen molar-refractivity contribution < 1.29 is 14.3 Å². The fourth-order valence-electron chi connectivity index (χ4n) is 5.28. The molecule has 0 unspecified atom stereocenters. The van der Waals surface area contributed by atoms with Gasteiger partial charge in [0.15, 0.2) is 0 Å². The van der Waals surface area contributed by atoms with E-state index in [1.807, 2.05) is 13.0 Å². The molecule has 4 aromatic rings. The van der Waals surface area contributed by atoms with Crippen molar-refractivity contribution in [1.29, 1.82) is 0 Å². The van der Waals surface area contributed by atoms with Gasteiger partial charge in [-0.3, -0.25) is 0 Å². The molecule has 0 amide bonds. The fraction of sp³-hybridized carbons (Fsp3) is 0.321. The lowest BCUT2D eigenvalue weighted by molar-refractivity contribution is 0.0528. The zero-order valence-electron chi connectivity index (χ0n) is 20.0. The molecule has 2 aromatic carbocycles. The molecule has 1 aliphatic heterocycles. The lowest BCUT2D eigenvalue weighted by atomic mass is 9.97. The molecule has 0 spiro atoms. The third kappa shape index (κ3) is 3.34. The average Bonchev–Trinajstić information content (AvgIpc) is 3.38. The maximum atomic E-state index is 13.1. The quantitative estimate of drug-likeness (QED) is 0.326. The minimum absolute atomic E-state index is 0.248. The number of benzene rings is 2. The molecule has 5 rings (SSSR count). The van der Waals surface area contributed by atoms with Crippen LogP contribution in [0.4, 0.5) is 0 Å². The molecule has 5 nitrogen and oxygen atoms in total.